The Bertz CT molecular complexity index is 910. The van der Waals surface area contributed by atoms with Gasteiger partial charge in [0, 0.05) is 26.2 Å². The minimum absolute atomic E-state index is 0.0676. The molecule has 1 aromatic heterocycles. The Morgan fingerprint density at radius 1 is 1.04 bits per heavy atom. The molecule has 1 aromatic carbocycles. The molecule has 1 aliphatic rings. The van der Waals surface area contributed by atoms with E-state index in [9.17, 15) is 13.2 Å². The van der Waals surface area contributed by atoms with Crippen LogP contribution in [0, 0.1) is 0 Å². The second kappa shape index (κ2) is 7.43. The Labute approximate surface area is 155 Å². The van der Waals surface area contributed by atoms with Gasteiger partial charge < -0.3 is 0 Å². The van der Waals surface area contributed by atoms with Crippen LogP contribution in [0.4, 0.5) is 0 Å². The lowest BCUT2D eigenvalue weighted by Gasteiger charge is -2.33. The van der Waals surface area contributed by atoms with Crippen LogP contribution in [0.15, 0.2) is 46.2 Å². The van der Waals surface area contributed by atoms with Gasteiger partial charge in [0.05, 0.1) is 22.8 Å². The zero-order valence-electron chi connectivity index (χ0n) is 13.2. The zero-order chi connectivity index (χ0) is 18.0. The van der Waals surface area contributed by atoms with E-state index in [-0.39, 0.29) is 21.6 Å². The SMILES string of the molecule is O=c1c(Cl)c(Cl)cnn1CN1CCN(S(=O)(=O)c2ccccc2)CC1. The van der Waals surface area contributed by atoms with Crippen LogP contribution in [-0.4, -0.2) is 53.6 Å². The molecule has 1 fully saturated rings. The second-order valence-corrected chi connectivity index (χ2v) is 8.31. The van der Waals surface area contributed by atoms with E-state index in [2.05, 4.69) is 5.10 Å². The van der Waals surface area contributed by atoms with E-state index in [1.807, 2.05) is 4.90 Å². The van der Waals surface area contributed by atoms with Gasteiger partial charge in [-0.15, -0.1) is 0 Å². The molecule has 7 nitrogen and oxygen atoms in total. The number of nitrogens with zero attached hydrogens (tertiary/aromatic N) is 4. The summed E-state index contributed by atoms with van der Waals surface area (Å²) in [7, 11) is -3.49. The van der Waals surface area contributed by atoms with Gasteiger partial charge in [-0.25, -0.2) is 13.1 Å². The summed E-state index contributed by atoms with van der Waals surface area (Å²) < 4.78 is 27.9. The van der Waals surface area contributed by atoms with Crippen LogP contribution >= 0.6 is 23.2 Å². The lowest BCUT2D eigenvalue weighted by Crippen LogP contribution is -2.49. The van der Waals surface area contributed by atoms with Gasteiger partial charge in [0.2, 0.25) is 10.0 Å². The van der Waals surface area contributed by atoms with Crippen molar-refractivity contribution in [1.82, 2.24) is 19.0 Å². The fraction of sp³-hybridized carbons (Fsp3) is 0.333. The van der Waals surface area contributed by atoms with E-state index in [4.69, 9.17) is 23.2 Å². The number of sulfonamides is 1. The predicted octanol–water partition coefficient (Wildman–Crippen LogP) is 1.51. The fourth-order valence-electron chi connectivity index (χ4n) is 2.59. The van der Waals surface area contributed by atoms with Gasteiger partial charge in [0.25, 0.3) is 5.56 Å². The first-order valence-corrected chi connectivity index (χ1v) is 9.78. The van der Waals surface area contributed by atoms with Gasteiger partial charge in [-0.05, 0) is 12.1 Å². The van der Waals surface area contributed by atoms with Crippen LogP contribution in [0.25, 0.3) is 0 Å². The van der Waals surface area contributed by atoms with Crippen LogP contribution in [0.2, 0.25) is 10.0 Å². The van der Waals surface area contributed by atoms with E-state index in [0.29, 0.717) is 26.2 Å². The highest BCUT2D eigenvalue weighted by atomic mass is 35.5. The van der Waals surface area contributed by atoms with E-state index >= 15 is 0 Å². The van der Waals surface area contributed by atoms with Crippen molar-refractivity contribution in [3.05, 3.63) is 56.9 Å². The number of rotatable bonds is 4. The number of hydrogen-bond donors (Lipinski definition) is 0. The first kappa shape index (κ1) is 18.3. The zero-order valence-corrected chi connectivity index (χ0v) is 15.5. The van der Waals surface area contributed by atoms with Gasteiger partial charge in [0.1, 0.15) is 5.02 Å². The molecular weight excluding hydrogens is 387 g/mol. The van der Waals surface area contributed by atoms with Crippen molar-refractivity contribution in [2.45, 2.75) is 11.6 Å². The summed E-state index contributed by atoms with van der Waals surface area (Å²) in [5.74, 6) is 0. The maximum absolute atomic E-state index is 12.6. The largest absolute Gasteiger partial charge is 0.288 e. The number of hydrogen-bond acceptors (Lipinski definition) is 5. The maximum atomic E-state index is 12.6. The third-order valence-corrected chi connectivity index (χ3v) is 6.65. The Morgan fingerprint density at radius 2 is 1.68 bits per heavy atom. The van der Waals surface area contributed by atoms with Crippen LogP contribution in [0.5, 0.6) is 0 Å². The highest BCUT2D eigenvalue weighted by molar-refractivity contribution is 7.89. The molecule has 0 bridgehead atoms. The fourth-order valence-corrected chi connectivity index (χ4v) is 4.30. The molecular formula is C15H16Cl2N4O3S. The summed E-state index contributed by atoms with van der Waals surface area (Å²) in [6.07, 6.45) is 1.32. The van der Waals surface area contributed by atoms with E-state index in [0.717, 1.165) is 0 Å². The maximum Gasteiger partial charge on any atom is 0.288 e. The summed E-state index contributed by atoms with van der Waals surface area (Å²) in [6.45, 7) is 1.89. The Kier molecular flexibility index (Phi) is 5.45. The molecule has 2 heterocycles. The number of halogens is 2. The lowest BCUT2D eigenvalue weighted by atomic mass is 10.4. The lowest BCUT2D eigenvalue weighted by molar-refractivity contribution is 0.143. The van der Waals surface area contributed by atoms with Gasteiger partial charge in [-0.1, -0.05) is 41.4 Å². The molecule has 0 N–H and O–H groups in total. The van der Waals surface area contributed by atoms with E-state index < -0.39 is 15.6 Å². The molecule has 0 amide bonds. The van der Waals surface area contributed by atoms with Crippen LogP contribution < -0.4 is 5.56 Å². The summed E-state index contributed by atoms with van der Waals surface area (Å²) >= 11 is 11.6. The Balaban J connectivity index is 1.67. The number of aromatic nitrogens is 2. The average Bonchev–Trinajstić information content (AvgIpc) is 2.63. The topological polar surface area (TPSA) is 75.5 Å². The Morgan fingerprint density at radius 3 is 2.32 bits per heavy atom. The first-order valence-electron chi connectivity index (χ1n) is 7.58. The third kappa shape index (κ3) is 3.88. The molecule has 10 heteroatoms. The van der Waals surface area contributed by atoms with Crippen LogP contribution in [0.1, 0.15) is 0 Å². The van der Waals surface area contributed by atoms with Crippen molar-refractivity contribution in [3.63, 3.8) is 0 Å². The molecule has 0 atom stereocenters. The van der Waals surface area contributed by atoms with Crippen LogP contribution in [0.3, 0.4) is 0 Å². The standard InChI is InChI=1S/C15H16Cl2N4O3S/c16-13-10-18-21(15(22)14(13)17)11-19-6-8-20(9-7-19)25(23,24)12-4-2-1-3-5-12/h1-5,10H,6-9,11H2. The monoisotopic (exact) mass is 402 g/mol. The summed E-state index contributed by atoms with van der Waals surface area (Å²) in [5, 5.41) is 4.01. The summed E-state index contributed by atoms with van der Waals surface area (Å²) in [4.78, 5) is 14.2. The van der Waals surface area contributed by atoms with Crippen molar-refractivity contribution < 1.29 is 8.42 Å². The van der Waals surface area contributed by atoms with Gasteiger partial charge in [-0.3, -0.25) is 9.69 Å². The minimum atomic E-state index is -3.49. The van der Waals surface area contributed by atoms with Crippen molar-refractivity contribution in [3.8, 4) is 0 Å². The number of benzene rings is 1. The highest BCUT2D eigenvalue weighted by Gasteiger charge is 2.28. The second-order valence-electron chi connectivity index (χ2n) is 5.59. The average molecular weight is 403 g/mol. The van der Waals surface area contributed by atoms with Gasteiger partial charge >= 0.3 is 0 Å². The number of piperazine rings is 1. The summed E-state index contributed by atoms with van der Waals surface area (Å²) in [5.41, 5.74) is -0.464. The van der Waals surface area contributed by atoms with Crippen molar-refractivity contribution in [2.75, 3.05) is 26.2 Å². The molecule has 0 aliphatic carbocycles. The summed E-state index contributed by atoms with van der Waals surface area (Å²) in [6, 6.07) is 8.34. The minimum Gasteiger partial charge on any atom is -0.282 e. The van der Waals surface area contributed by atoms with Crippen molar-refractivity contribution in [2.24, 2.45) is 0 Å². The van der Waals surface area contributed by atoms with E-state index in [1.165, 1.54) is 15.2 Å². The molecule has 0 spiro atoms. The molecule has 0 radical (unpaired) electrons. The van der Waals surface area contributed by atoms with Gasteiger partial charge in [-0.2, -0.15) is 9.40 Å². The molecule has 1 aliphatic heterocycles. The highest BCUT2D eigenvalue weighted by Crippen LogP contribution is 2.18. The van der Waals surface area contributed by atoms with Crippen LogP contribution in [-0.2, 0) is 16.7 Å². The first-order chi connectivity index (χ1) is 11.9. The normalized spacial score (nSPS) is 16.9. The van der Waals surface area contributed by atoms with Crippen molar-refractivity contribution in [1.29, 1.82) is 0 Å². The quantitative estimate of drug-likeness (QED) is 0.774. The predicted molar refractivity (Wildman–Crippen MR) is 95.3 cm³/mol. The van der Waals surface area contributed by atoms with Crippen molar-refractivity contribution >= 4 is 33.2 Å². The molecule has 0 unspecified atom stereocenters. The van der Waals surface area contributed by atoms with Gasteiger partial charge in [0.15, 0.2) is 0 Å². The van der Waals surface area contributed by atoms with E-state index in [1.54, 1.807) is 30.3 Å². The molecule has 1 saturated heterocycles. The smallest absolute Gasteiger partial charge is 0.282 e. The molecule has 0 saturated carbocycles. The Hall–Kier alpha value is -1.45. The third-order valence-electron chi connectivity index (χ3n) is 3.99. The molecule has 2 aromatic rings. The molecule has 25 heavy (non-hydrogen) atoms. The molecule has 3 rings (SSSR count). The molecule has 134 valence electrons.